The van der Waals surface area contributed by atoms with Gasteiger partial charge in [-0.2, -0.15) is 11.8 Å². The van der Waals surface area contributed by atoms with Gasteiger partial charge in [0, 0.05) is 30.8 Å². The van der Waals surface area contributed by atoms with Gasteiger partial charge in [0.2, 0.25) is 0 Å². The van der Waals surface area contributed by atoms with Gasteiger partial charge >= 0.3 is 12.0 Å². The molecule has 1 rings (SSSR count). The van der Waals surface area contributed by atoms with Crippen LogP contribution in [0.3, 0.4) is 0 Å². The van der Waals surface area contributed by atoms with Crippen molar-refractivity contribution in [3.05, 3.63) is 0 Å². The van der Waals surface area contributed by atoms with Crippen molar-refractivity contribution in [2.24, 2.45) is 0 Å². The summed E-state index contributed by atoms with van der Waals surface area (Å²) >= 11 is 1.92. The molecule has 0 aliphatic carbocycles. The lowest BCUT2D eigenvalue weighted by Crippen LogP contribution is -2.46. The van der Waals surface area contributed by atoms with E-state index in [1.54, 1.807) is 4.90 Å². The lowest BCUT2D eigenvalue weighted by Gasteiger charge is -2.27. The zero-order chi connectivity index (χ0) is 14.3. The number of nitrogens with zero attached hydrogens (tertiary/aromatic N) is 1. The molecule has 110 valence electrons. The Hall–Kier alpha value is -0.910. The Morgan fingerprint density at radius 2 is 2.21 bits per heavy atom. The van der Waals surface area contributed by atoms with Gasteiger partial charge in [0.25, 0.3) is 0 Å². The average Bonchev–Trinajstić information content (AvgIpc) is 2.84. The van der Waals surface area contributed by atoms with E-state index in [1.165, 1.54) is 18.6 Å². The Kier molecular flexibility index (Phi) is 7.05. The van der Waals surface area contributed by atoms with Gasteiger partial charge in [-0.15, -0.1) is 0 Å². The number of carboxylic acids is 1. The standard InChI is InChI=1S/C13H24N2O3S/c1-10(2)15(7-3-6-12(16)17)13(18)14-9-11-5-4-8-19-11/h10-11H,3-9H2,1-2H3,(H,14,18)(H,16,17). The van der Waals surface area contributed by atoms with E-state index >= 15 is 0 Å². The highest BCUT2D eigenvalue weighted by molar-refractivity contribution is 8.00. The van der Waals surface area contributed by atoms with Crippen LogP contribution in [0.4, 0.5) is 4.79 Å². The first-order valence-corrected chi connectivity index (χ1v) is 7.93. The normalized spacial score (nSPS) is 18.6. The highest BCUT2D eigenvalue weighted by Gasteiger charge is 2.20. The van der Waals surface area contributed by atoms with E-state index < -0.39 is 5.97 Å². The van der Waals surface area contributed by atoms with E-state index in [4.69, 9.17) is 5.11 Å². The van der Waals surface area contributed by atoms with Crippen LogP contribution in [0.2, 0.25) is 0 Å². The summed E-state index contributed by atoms with van der Waals surface area (Å²) in [5.74, 6) is 0.374. The molecule has 5 nitrogen and oxygen atoms in total. The quantitative estimate of drug-likeness (QED) is 0.753. The highest BCUT2D eigenvalue weighted by Crippen LogP contribution is 2.25. The van der Waals surface area contributed by atoms with Gasteiger partial charge in [0.15, 0.2) is 0 Å². The predicted molar refractivity (Wildman–Crippen MR) is 77.6 cm³/mol. The molecule has 2 amide bonds. The molecule has 1 saturated heterocycles. The SMILES string of the molecule is CC(C)N(CCCC(=O)O)C(=O)NCC1CCCS1. The van der Waals surface area contributed by atoms with Crippen LogP contribution in [-0.2, 0) is 4.79 Å². The number of amides is 2. The zero-order valence-corrected chi connectivity index (χ0v) is 12.5. The van der Waals surface area contributed by atoms with Gasteiger partial charge in [-0.25, -0.2) is 4.79 Å². The van der Waals surface area contributed by atoms with Gasteiger partial charge in [-0.3, -0.25) is 4.79 Å². The molecular weight excluding hydrogens is 264 g/mol. The second kappa shape index (κ2) is 8.30. The summed E-state index contributed by atoms with van der Waals surface area (Å²) in [5, 5.41) is 12.1. The highest BCUT2D eigenvalue weighted by atomic mass is 32.2. The fourth-order valence-electron chi connectivity index (χ4n) is 2.10. The summed E-state index contributed by atoms with van der Waals surface area (Å²) in [6, 6.07) is 0.0120. The number of aliphatic carboxylic acids is 1. The first-order chi connectivity index (χ1) is 9.00. The van der Waals surface area contributed by atoms with E-state index in [0.717, 1.165) is 0 Å². The van der Waals surface area contributed by atoms with Crippen LogP contribution >= 0.6 is 11.8 Å². The summed E-state index contributed by atoms with van der Waals surface area (Å²) in [6.07, 6.45) is 3.01. The molecule has 0 radical (unpaired) electrons. The van der Waals surface area contributed by atoms with Crippen LogP contribution in [0.1, 0.15) is 39.5 Å². The van der Waals surface area contributed by atoms with Crippen molar-refractivity contribution < 1.29 is 14.7 Å². The van der Waals surface area contributed by atoms with Gasteiger partial charge in [0.05, 0.1) is 0 Å². The smallest absolute Gasteiger partial charge is 0.317 e. The van der Waals surface area contributed by atoms with Gasteiger partial charge < -0.3 is 15.3 Å². The topological polar surface area (TPSA) is 69.6 Å². The maximum Gasteiger partial charge on any atom is 0.317 e. The molecule has 0 aromatic carbocycles. The number of carbonyl (C=O) groups excluding carboxylic acids is 1. The molecule has 1 aliphatic heterocycles. The summed E-state index contributed by atoms with van der Waals surface area (Å²) < 4.78 is 0. The van der Waals surface area contributed by atoms with Crippen LogP contribution in [0.5, 0.6) is 0 Å². The Labute approximate surface area is 119 Å². The largest absolute Gasteiger partial charge is 0.481 e. The second-order valence-electron chi connectivity index (χ2n) is 5.11. The first kappa shape index (κ1) is 16.1. The molecule has 1 fully saturated rings. The summed E-state index contributed by atoms with van der Waals surface area (Å²) in [5.41, 5.74) is 0. The summed E-state index contributed by atoms with van der Waals surface area (Å²) in [4.78, 5) is 24.3. The molecule has 1 atom stereocenters. The summed E-state index contributed by atoms with van der Waals surface area (Å²) in [7, 11) is 0. The van der Waals surface area contributed by atoms with Crippen LogP contribution in [0.25, 0.3) is 0 Å². The molecule has 6 heteroatoms. The van der Waals surface area contributed by atoms with Crippen molar-refractivity contribution in [2.45, 2.75) is 50.8 Å². The van der Waals surface area contributed by atoms with E-state index in [9.17, 15) is 9.59 Å². The molecule has 0 bridgehead atoms. The number of nitrogens with one attached hydrogen (secondary N) is 1. The molecule has 1 heterocycles. The summed E-state index contributed by atoms with van der Waals surface area (Å²) in [6.45, 7) is 5.11. The molecule has 1 aliphatic rings. The minimum absolute atomic E-state index is 0.0760. The third kappa shape index (κ3) is 6.18. The van der Waals surface area contributed by atoms with Crippen molar-refractivity contribution in [3.8, 4) is 0 Å². The molecule has 0 aromatic rings. The maximum atomic E-state index is 12.1. The van der Waals surface area contributed by atoms with Crippen LogP contribution in [0, 0.1) is 0 Å². The molecule has 2 N–H and O–H groups in total. The number of carbonyl (C=O) groups is 2. The minimum atomic E-state index is -0.813. The van der Waals surface area contributed by atoms with Crippen molar-refractivity contribution in [1.82, 2.24) is 10.2 Å². The van der Waals surface area contributed by atoms with Crippen LogP contribution in [0.15, 0.2) is 0 Å². The monoisotopic (exact) mass is 288 g/mol. The lowest BCUT2D eigenvalue weighted by molar-refractivity contribution is -0.137. The predicted octanol–water partition coefficient (Wildman–Crippen LogP) is 2.17. The molecule has 0 saturated carbocycles. The molecule has 0 spiro atoms. The average molecular weight is 288 g/mol. The Balaban J connectivity index is 2.32. The van der Waals surface area contributed by atoms with E-state index in [-0.39, 0.29) is 18.5 Å². The van der Waals surface area contributed by atoms with Crippen LogP contribution < -0.4 is 5.32 Å². The lowest BCUT2D eigenvalue weighted by atomic mass is 10.2. The number of rotatable bonds is 7. The number of hydrogen-bond acceptors (Lipinski definition) is 3. The van der Waals surface area contributed by atoms with Gasteiger partial charge in [-0.05, 0) is 38.9 Å². The zero-order valence-electron chi connectivity index (χ0n) is 11.7. The van der Waals surface area contributed by atoms with E-state index in [0.29, 0.717) is 24.8 Å². The second-order valence-corrected chi connectivity index (χ2v) is 6.51. The third-order valence-electron chi connectivity index (χ3n) is 3.18. The Bertz CT molecular complexity index is 304. The molecule has 1 unspecified atom stereocenters. The van der Waals surface area contributed by atoms with Crippen molar-refractivity contribution in [2.75, 3.05) is 18.8 Å². The number of carboxylic acid groups (broad SMARTS) is 1. The number of thioether (sulfide) groups is 1. The Morgan fingerprint density at radius 3 is 2.74 bits per heavy atom. The van der Waals surface area contributed by atoms with Crippen LogP contribution in [-0.4, -0.2) is 52.1 Å². The van der Waals surface area contributed by atoms with Gasteiger partial charge in [0.1, 0.15) is 0 Å². The minimum Gasteiger partial charge on any atom is -0.481 e. The molecular formula is C13H24N2O3S. The van der Waals surface area contributed by atoms with Crippen molar-refractivity contribution in [1.29, 1.82) is 0 Å². The van der Waals surface area contributed by atoms with Crippen molar-refractivity contribution >= 4 is 23.8 Å². The molecule has 0 aromatic heterocycles. The van der Waals surface area contributed by atoms with E-state index in [1.807, 2.05) is 25.6 Å². The van der Waals surface area contributed by atoms with E-state index in [2.05, 4.69) is 5.32 Å². The third-order valence-corrected chi connectivity index (χ3v) is 4.58. The molecule has 19 heavy (non-hydrogen) atoms. The van der Waals surface area contributed by atoms with Gasteiger partial charge in [-0.1, -0.05) is 0 Å². The Morgan fingerprint density at radius 1 is 1.47 bits per heavy atom. The number of hydrogen-bond donors (Lipinski definition) is 2. The fourth-order valence-corrected chi connectivity index (χ4v) is 3.30. The van der Waals surface area contributed by atoms with Crippen molar-refractivity contribution in [3.63, 3.8) is 0 Å². The number of urea groups is 1. The fraction of sp³-hybridized carbons (Fsp3) is 0.846. The maximum absolute atomic E-state index is 12.1. The first-order valence-electron chi connectivity index (χ1n) is 6.88.